The van der Waals surface area contributed by atoms with Crippen LogP contribution < -0.4 is 0 Å². The molecule has 0 radical (unpaired) electrons. The van der Waals surface area contributed by atoms with E-state index < -0.39 is 5.60 Å². The van der Waals surface area contributed by atoms with E-state index in [2.05, 4.69) is 0 Å². The van der Waals surface area contributed by atoms with Crippen molar-refractivity contribution in [1.29, 1.82) is 0 Å². The fourth-order valence-corrected chi connectivity index (χ4v) is 2.73. The number of amides is 2. The largest absolute Gasteiger partial charge is 0.444 e. The highest BCUT2D eigenvalue weighted by molar-refractivity contribution is 5.78. The van der Waals surface area contributed by atoms with E-state index in [0.717, 1.165) is 5.56 Å². The second-order valence-electron chi connectivity index (χ2n) is 7.04. The fourth-order valence-electron chi connectivity index (χ4n) is 2.73. The molecule has 1 aromatic rings. The van der Waals surface area contributed by atoms with Gasteiger partial charge in [0.2, 0.25) is 5.91 Å². The monoisotopic (exact) mass is 318 g/mol. The van der Waals surface area contributed by atoms with Crippen LogP contribution in [0.5, 0.6) is 0 Å². The number of ether oxygens (including phenoxy) is 1. The van der Waals surface area contributed by atoms with Crippen LogP contribution in [0.2, 0.25) is 0 Å². The summed E-state index contributed by atoms with van der Waals surface area (Å²) in [6.45, 7) is 6.48. The topological polar surface area (TPSA) is 49.9 Å². The van der Waals surface area contributed by atoms with Crippen molar-refractivity contribution in [1.82, 2.24) is 9.80 Å². The van der Waals surface area contributed by atoms with Crippen LogP contribution in [0.4, 0.5) is 4.79 Å². The second kappa shape index (κ2) is 7.02. The molecule has 1 atom stereocenters. The van der Waals surface area contributed by atoms with Gasteiger partial charge in [0.15, 0.2) is 0 Å². The standard InChI is InChI=1S/C18H26N2O3/c1-18(2,3)23-17(22)20-11-10-16(21)19(4)13-15(20)12-14-8-6-5-7-9-14/h5-9,15H,10-13H2,1-4H3. The predicted octanol–water partition coefficient (Wildman–Crippen LogP) is 2.70. The molecule has 1 aliphatic heterocycles. The summed E-state index contributed by atoms with van der Waals surface area (Å²) in [5, 5.41) is 0. The summed E-state index contributed by atoms with van der Waals surface area (Å²) < 4.78 is 5.53. The summed E-state index contributed by atoms with van der Waals surface area (Å²) in [4.78, 5) is 28.0. The van der Waals surface area contributed by atoms with Crippen LogP contribution in [-0.4, -0.2) is 53.6 Å². The normalized spacial score (nSPS) is 19.5. The van der Waals surface area contributed by atoms with Crippen molar-refractivity contribution in [3.63, 3.8) is 0 Å². The van der Waals surface area contributed by atoms with Crippen LogP contribution in [0.1, 0.15) is 32.8 Å². The highest BCUT2D eigenvalue weighted by Crippen LogP contribution is 2.19. The van der Waals surface area contributed by atoms with Gasteiger partial charge >= 0.3 is 6.09 Å². The lowest BCUT2D eigenvalue weighted by molar-refractivity contribution is -0.129. The van der Waals surface area contributed by atoms with Gasteiger partial charge in [0.05, 0.1) is 6.04 Å². The first-order chi connectivity index (χ1) is 10.8. The molecule has 1 heterocycles. The molecule has 1 fully saturated rings. The number of rotatable bonds is 2. The number of nitrogens with zero attached hydrogens (tertiary/aromatic N) is 2. The third-order valence-electron chi connectivity index (χ3n) is 3.86. The Morgan fingerprint density at radius 3 is 2.52 bits per heavy atom. The van der Waals surface area contributed by atoms with Crippen molar-refractivity contribution in [2.24, 2.45) is 0 Å². The summed E-state index contributed by atoms with van der Waals surface area (Å²) >= 11 is 0. The van der Waals surface area contributed by atoms with Crippen LogP contribution in [0.15, 0.2) is 30.3 Å². The SMILES string of the molecule is CN1CC(Cc2ccccc2)N(C(=O)OC(C)(C)C)CCC1=O. The highest BCUT2D eigenvalue weighted by Gasteiger charge is 2.33. The highest BCUT2D eigenvalue weighted by atomic mass is 16.6. The van der Waals surface area contributed by atoms with Gasteiger partial charge in [0, 0.05) is 26.6 Å². The molecule has 1 unspecified atom stereocenters. The number of carbonyl (C=O) groups is 2. The van der Waals surface area contributed by atoms with Gasteiger partial charge in [-0.1, -0.05) is 30.3 Å². The van der Waals surface area contributed by atoms with Gasteiger partial charge in [0.1, 0.15) is 5.60 Å². The smallest absolute Gasteiger partial charge is 0.410 e. The van der Waals surface area contributed by atoms with E-state index in [0.29, 0.717) is 25.9 Å². The molecule has 126 valence electrons. The molecule has 0 N–H and O–H groups in total. The molecule has 0 saturated carbocycles. The van der Waals surface area contributed by atoms with Crippen LogP contribution >= 0.6 is 0 Å². The third-order valence-corrected chi connectivity index (χ3v) is 3.86. The van der Waals surface area contributed by atoms with E-state index >= 15 is 0 Å². The Morgan fingerprint density at radius 2 is 1.91 bits per heavy atom. The quantitative estimate of drug-likeness (QED) is 0.842. The summed E-state index contributed by atoms with van der Waals surface area (Å²) in [6.07, 6.45) is 0.695. The number of hydrogen-bond acceptors (Lipinski definition) is 3. The van der Waals surface area contributed by atoms with Crippen LogP contribution in [0.25, 0.3) is 0 Å². The average molecular weight is 318 g/mol. The van der Waals surface area contributed by atoms with Crippen molar-refractivity contribution in [2.75, 3.05) is 20.1 Å². The Balaban J connectivity index is 2.19. The summed E-state index contributed by atoms with van der Waals surface area (Å²) in [7, 11) is 1.79. The van der Waals surface area contributed by atoms with Crippen molar-refractivity contribution in [3.05, 3.63) is 35.9 Å². The maximum absolute atomic E-state index is 12.6. The van der Waals surface area contributed by atoms with Gasteiger partial charge in [0.25, 0.3) is 0 Å². The van der Waals surface area contributed by atoms with E-state index in [1.165, 1.54) is 0 Å². The summed E-state index contributed by atoms with van der Waals surface area (Å²) in [6, 6.07) is 9.94. The first-order valence-electron chi connectivity index (χ1n) is 8.04. The van der Waals surface area contributed by atoms with E-state index in [1.807, 2.05) is 51.1 Å². The van der Waals surface area contributed by atoms with Crippen molar-refractivity contribution >= 4 is 12.0 Å². The first-order valence-corrected chi connectivity index (χ1v) is 8.04. The lowest BCUT2D eigenvalue weighted by Gasteiger charge is -2.32. The maximum atomic E-state index is 12.6. The van der Waals surface area contributed by atoms with Gasteiger partial charge < -0.3 is 14.5 Å². The molecule has 2 rings (SSSR count). The van der Waals surface area contributed by atoms with Crippen LogP contribution in [0.3, 0.4) is 0 Å². The van der Waals surface area contributed by atoms with Crippen molar-refractivity contribution in [3.8, 4) is 0 Å². The van der Waals surface area contributed by atoms with Gasteiger partial charge in [-0.05, 0) is 32.8 Å². The predicted molar refractivity (Wildman–Crippen MR) is 89.1 cm³/mol. The zero-order valence-corrected chi connectivity index (χ0v) is 14.4. The minimum Gasteiger partial charge on any atom is -0.444 e. The number of benzene rings is 1. The first kappa shape index (κ1) is 17.3. The zero-order valence-electron chi connectivity index (χ0n) is 14.4. The lowest BCUT2D eigenvalue weighted by Crippen LogP contribution is -2.47. The molecular formula is C18H26N2O3. The zero-order chi connectivity index (χ0) is 17.0. The van der Waals surface area contributed by atoms with Crippen LogP contribution in [-0.2, 0) is 16.0 Å². The van der Waals surface area contributed by atoms with Gasteiger partial charge in [-0.3, -0.25) is 4.79 Å². The maximum Gasteiger partial charge on any atom is 0.410 e. The summed E-state index contributed by atoms with van der Waals surface area (Å²) in [5.74, 6) is 0.0640. The van der Waals surface area contributed by atoms with Crippen molar-refractivity contribution in [2.45, 2.75) is 45.3 Å². The Hall–Kier alpha value is -2.04. The number of carbonyl (C=O) groups excluding carboxylic acids is 2. The Kier molecular flexibility index (Phi) is 5.29. The molecule has 1 aliphatic rings. The Labute approximate surface area is 138 Å². The molecule has 23 heavy (non-hydrogen) atoms. The van der Waals surface area contributed by atoms with Gasteiger partial charge in [-0.15, -0.1) is 0 Å². The molecule has 1 saturated heterocycles. The van der Waals surface area contributed by atoms with E-state index in [4.69, 9.17) is 4.74 Å². The molecule has 5 nitrogen and oxygen atoms in total. The minimum atomic E-state index is -0.545. The van der Waals surface area contributed by atoms with E-state index in [9.17, 15) is 9.59 Å². The average Bonchev–Trinajstić information content (AvgIpc) is 2.58. The molecule has 0 bridgehead atoms. The Morgan fingerprint density at radius 1 is 1.26 bits per heavy atom. The van der Waals surface area contributed by atoms with Crippen LogP contribution in [0, 0.1) is 0 Å². The number of hydrogen-bond donors (Lipinski definition) is 0. The second-order valence-corrected chi connectivity index (χ2v) is 7.04. The van der Waals surface area contributed by atoms with E-state index in [1.54, 1.807) is 16.8 Å². The lowest BCUT2D eigenvalue weighted by atomic mass is 10.0. The number of likely N-dealkylation sites (N-methyl/N-ethyl adjacent to an activating group) is 1. The molecule has 5 heteroatoms. The fraction of sp³-hybridized carbons (Fsp3) is 0.556. The van der Waals surface area contributed by atoms with Gasteiger partial charge in [-0.25, -0.2) is 4.79 Å². The Bertz CT molecular complexity index is 551. The molecule has 0 aromatic heterocycles. The third kappa shape index (κ3) is 4.98. The minimum absolute atomic E-state index is 0.0640. The molecular weight excluding hydrogens is 292 g/mol. The summed E-state index contributed by atoms with van der Waals surface area (Å²) in [5.41, 5.74) is 0.602. The molecule has 2 amide bonds. The van der Waals surface area contributed by atoms with Gasteiger partial charge in [-0.2, -0.15) is 0 Å². The van der Waals surface area contributed by atoms with E-state index in [-0.39, 0.29) is 18.0 Å². The molecule has 1 aromatic carbocycles. The molecule has 0 aliphatic carbocycles. The molecule has 0 spiro atoms. The van der Waals surface area contributed by atoms with Crippen molar-refractivity contribution < 1.29 is 14.3 Å².